The van der Waals surface area contributed by atoms with Crippen LogP contribution in [0.15, 0.2) is 47.4 Å². The Balaban J connectivity index is 1.31. The molecule has 2 aliphatic rings. The molecule has 2 aliphatic heterocycles. The molecule has 32 heavy (non-hydrogen) atoms. The van der Waals surface area contributed by atoms with Crippen molar-refractivity contribution in [1.82, 2.24) is 9.62 Å². The Kier molecular flexibility index (Phi) is 6.61. The number of anilines is 1. The monoisotopic (exact) mass is 459 g/mol. The van der Waals surface area contributed by atoms with Crippen molar-refractivity contribution in [2.75, 3.05) is 31.7 Å². The molecule has 0 spiro atoms. The van der Waals surface area contributed by atoms with Gasteiger partial charge in [-0.15, -0.1) is 0 Å². The summed E-state index contributed by atoms with van der Waals surface area (Å²) in [7, 11) is -3.54. The number of ether oxygens (including phenoxy) is 2. The Labute approximate surface area is 186 Å². The van der Waals surface area contributed by atoms with Gasteiger partial charge in [-0.3, -0.25) is 9.59 Å². The number of carbonyl (C=O) groups excluding carboxylic acids is 2. The van der Waals surface area contributed by atoms with Gasteiger partial charge >= 0.3 is 0 Å². The normalized spacial score (nSPS) is 16.2. The third-order valence-corrected chi connectivity index (χ3v) is 7.30. The molecule has 2 N–H and O–H groups in total. The lowest BCUT2D eigenvalue weighted by Crippen LogP contribution is -2.33. The minimum Gasteiger partial charge on any atom is -0.454 e. The summed E-state index contributed by atoms with van der Waals surface area (Å²) in [6.45, 7) is 0.940. The second kappa shape index (κ2) is 9.58. The molecule has 0 saturated carbocycles. The van der Waals surface area contributed by atoms with Crippen molar-refractivity contribution >= 4 is 27.5 Å². The summed E-state index contributed by atoms with van der Waals surface area (Å²) >= 11 is 0. The zero-order chi connectivity index (χ0) is 22.6. The van der Waals surface area contributed by atoms with E-state index in [1.54, 1.807) is 30.3 Å². The van der Waals surface area contributed by atoms with E-state index < -0.39 is 21.8 Å². The number of benzene rings is 2. The van der Waals surface area contributed by atoms with Gasteiger partial charge in [-0.25, -0.2) is 8.42 Å². The van der Waals surface area contributed by atoms with Crippen LogP contribution < -0.4 is 20.1 Å². The summed E-state index contributed by atoms with van der Waals surface area (Å²) < 4.78 is 37.6. The lowest BCUT2D eigenvalue weighted by Gasteiger charge is -2.20. The summed E-state index contributed by atoms with van der Waals surface area (Å²) in [5, 5.41) is 5.20. The van der Waals surface area contributed by atoms with E-state index in [1.165, 1.54) is 16.4 Å². The first-order valence-corrected chi connectivity index (χ1v) is 12.0. The second-order valence-electron chi connectivity index (χ2n) is 7.64. The molecular weight excluding hydrogens is 434 g/mol. The molecule has 0 radical (unpaired) electrons. The molecule has 2 aromatic rings. The Morgan fingerprint density at radius 1 is 0.906 bits per heavy atom. The Morgan fingerprint density at radius 2 is 1.59 bits per heavy atom. The van der Waals surface area contributed by atoms with Crippen LogP contribution >= 0.6 is 0 Å². The molecule has 0 unspecified atom stereocenters. The largest absolute Gasteiger partial charge is 0.454 e. The fraction of sp³-hybridized carbons (Fsp3) is 0.364. The second-order valence-corrected chi connectivity index (χ2v) is 9.58. The average molecular weight is 460 g/mol. The van der Waals surface area contributed by atoms with Gasteiger partial charge in [0.05, 0.1) is 11.4 Å². The predicted molar refractivity (Wildman–Crippen MR) is 117 cm³/mol. The van der Waals surface area contributed by atoms with Gasteiger partial charge in [0, 0.05) is 24.3 Å². The third kappa shape index (κ3) is 5.03. The first-order chi connectivity index (χ1) is 15.4. The van der Waals surface area contributed by atoms with Gasteiger partial charge in [-0.1, -0.05) is 12.8 Å². The number of amides is 2. The van der Waals surface area contributed by atoms with Crippen molar-refractivity contribution in [2.24, 2.45) is 0 Å². The van der Waals surface area contributed by atoms with E-state index >= 15 is 0 Å². The summed E-state index contributed by atoms with van der Waals surface area (Å²) in [6, 6.07) is 10.8. The minimum absolute atomic E-state index is 0.112. The van der Waals surface area contributed by atoms with Gasteiger partial charge in [0.2, 0.25) is 22.7 Å². The number of carbonyl (C=O) groups is 2. The van der Waals surface area contributed by atoms with E-state index in [1.807, 2.05) is 0 Å². The van der Waals surface area contributed by atoms with Gasteiger partial charge in [-0.2, -0.15) is 4.31 Å². The highest BCUT2D eigenvalue weighted by molar-refractivity contribution is 7.89. The van der Waals surface area contributed by atoms with Gasteiger partial charge in [0.15, 0.2) is 11.5 Å². The highest BCUT2D eigenvalue weighted by Crippen LogP contribution is 2.32. The van der Waals surface area contributed by atoms with Gasteiger partial charge in [-0.05, 0) is 55.3 Å². The number of sulfonamides is 1. The summed E-state index contributed by atoms with van der Waals surface area (Å²) in [4.78, 5) is 24.7. The van der Waals surface area contributed by atoms with Crippen LogP contribution in [0.5, 0.6) is 11.5 Å². The molecule has 0 bridgehead atoms. The van der Waals surface area contributed by atoms with Crippen molar-refractivity contribution in [1.29, 1.82) is 0 Å². The lowest BCUT2D eigenvalue weighted by atomic mass is 10.2. The molecule has 2 amide bonds. The number of hydrogen-bond donors (Lipinski definition) is 2. The first-order valence-electron chi connectivity index (χ1n) is 10.5. The molecule has 170 valence electrons. The Morgan fingerprint density at radius 3 is 2.31 bits per heavy atom. The number of nitrogens with zero attached hydrogens (tertiary/aromatic N) is 1. The van der Waals surface area contributed by atoms with Crippen molar-refractivity contribution in [2.45, 2.75) is 30.6 Å². The Hall–Kier alpha value is -3.11. The fourth-order valence-electron chi connectivity index (χ4n) is 3.65. The molecule has 0 aliphatic carbocycles. The minimum atomic E-state index is -3.54. The number of hydrogen-bond acceptors (Lipinski definition) is 6. The van der Waals surface area contributed by atoms with Gasteiger partial charge in [0.1, 0.15) is 0 Å². The standard InChI is InChI=1S/C22H25N3O6S/c26-21(14-23-22(27)16-5-10-19-20(13-16)31-15-30-19)24-17-6-8-18(9-7-17)32(28,29)25-11-3-1-2-4-12-25/h5-10,13H,1-4,11-12,14-15H2,(H,23,27)(H,24,26). The maximum atomic E-state index is 12.8. The Bertz CT molecular complexity index is 1090. The van der Waals surface area contributed by atoms with E-state index in [2.05, 4.69) is 10.6 Å². The quantitative estimate of drug-likeness (QED) is 0.686. The maximum Gasteiger partial charge on any atom is 0.251 e. The molecule has 1 saturated heterocycles. The number of nitrogens with one attached hydrogen (secondary N) is 2. The zero-order valence-electron chi connectivity index (χ0n) is 17.5. The van der Waals surface area contributed by atoms with Crippen LogP contribution in [0.3, 0.4) is 0 Å². The maximum absolute atomic E-state index is 12.8. The zero-order valence-corrected chi connectivity index (χ0v) is 18.3. The van der Waals surface area contributed by atoms with Crippen molar-refractivity contribution in [3.63, 3.8) is 0 Å². The topological polar surface area (TPSA) is 114 Å². The first kappa shape index (κ1) is 22.1. The smallest absolute Gasteiger partial charge is 0.251 e. The van der Waals surface area contributed by atoms with E-state index in [0.717, 1.165) is 25.7 Å². The van der Waals surface area contributed by atoms with Crippen molar-refractivity contribution in [3.05, 3.63) is 48.0 Å². The van der Waals surface area contributed by atoms with Crippen LogP contribution in [0.2, 0.25) is 0 Å². The lowest BCUT2D eigenvalue weighted by molar-refractivity contribution is -0.115. The van der Waals surface area contributed by atoms with Crippen LogP contribution in [0.25, 0.3) is 0 Å². The molecular formula is C22H25N3O6S. The van der Waals surface area contributed by atoms with E-state index in [0.29, 0.717) is 35.8 Å². The molecule has 0 aromatic heterocycles. The van der Waals surface area contributed by atoms with Gasteiger partial charge in [0.25, 0.3) is 5.91 Å². The average Bonchev–Trinajstić information content (AvgIpc) is 3.08. The summed E-state index contributed by atoms with van der Waals surface area (Å²) in [6.07, 6.45) is 3.82. The van der Waals surface area contributed by atoms with Crippen LogP contribution in [0.1, 0.15) is 36.0 Å². The molecule has 4 rings (SSSR count). The summed E-state index contributed by atoms with van der Waals surface area (Å²) in [5.41, 5.74) is 0.798. The molecule has 9 nitrogen and oxygen atoms in total. The van der Waals surface area contributed by atoms with E-state index in [4.69, 9.17) is 9.47 Å². The fourth-order valence-corrected chi connectivity index (χ4v) is 5.16. The molecule has 10 heteroatoms. The number of fused-ring (bicyclic) bond motifs is 1. The third-order valence-electron chi connectivity index (χ3n) is 5.39. The molecule has 2 aromatic carbocycles. The van der Waals surface area contributed by atoms with Crippen LogP contribution in [-0.2, 0) is 14.8 Å². The number of rotatable bonds is 6. The predicted octanol–water partition coefficient (Wildman–Crippen LogP) is 2.35. The van der Waals surface area contributed by atoms with Crippen LogP contribution in [0.4, 0.5) is 5.69 Å². The molecule has 0 atom stereocenters. The molecule has 1 fully saturated rings. The van der Waals surface area contributed by atoms with Gasteiger partial charge < -0.3 is 20.1 Å². The van der Waals surface area contributed by atoms with Crippen LogP contribution in [-0.4, -0.2) is 51.0 Å². The van der Waals surface area contributed by atoms with E-state index in [-0.39, 0.29) is 18.2 Å². The van der Waals surface area contributed by atoms with Crippen molar-refractivity contribution < 1.29 is 27.5 Å². The van der Waals surface area contributed by atoms with Crippen LogP contribution in [0, 0.1) is 0 Å². The molecule has 2 heterocycles. The van der Waals surface area contributed by atoms with Crippen molar-refractivity contribution in [3.8, 4) is 11.5 Å². The highest BCUT2D eigenvalue weighted by Gasteiger charge is 2.25. The van der Waals surface area contributed by atoms with E-state index in [9.17, 15) is 18.0 Å². The SMILES string of the molecule is O=C(CNC(=O)c1ccc2c(c1)OCO2)Nc1ccc(S(=O)(=O)N2CCCCCC2)cc1. The summed E-state index contributed by atoms with van der Waals surface area (Å²) in [5.74, 6) is 0.206. The highest BCUT2D eigenvalue weighted by atomic mass is 32.2.